The highest BCUT2D eigenvalue weighted by Gasteiger charge is 2.14. The lowest BCUT2D eigenvalue weighted by molar-refractivity contribution is 0.0955. The highest BCUT2D eigenvalue weighted by Crippen LogP contribution is 2.32. The molecule has 0 aliphatic carbocycles. The highest BCUT2D eigenvalue weighted by molar-refractivity contribution is 7.90. The molecule has 1 amide bonds. The predicted molar refractivity (Wildman–Crippen MR) is 112 cm³/mol. The quantitative estimate of drug-likeness (QED) is 0.659. The number of hydrogen-bond acceptors (Lipinski definition) is 5. The first-order chi connectivity index (χ1) is 13.3. The molecule has 3 rings (SSSR count). The Morgan fingerprint density at radius 2 is 1.71 bits per heavy atom. The average Bonchev–Trinajstić information content (AvgIpc) is 3.07. The van der Waals surface area contributed by atoms with E-state index in [-0.39, 0.29) is 10.8 Å². The van der Waals surface area contributed by atoms with Crippen LogP contribution in [0.3, 0.4) is 0 Å². The summed E-state index contributed by atoms with van der Waals surface area (Å²) in [5, 5.41) is 2.89. The molecule has 0 saturated heterocycles. The number of sulfone groups is 1. The van der Waals surface area contributed by atoms with Gasteiger partial charge < -0.3 is 10.1 Å². The number of ether oxygens (including phenoxy) is 1. The van der Waals surface area contributed by atoms with Gasteiger partial charge in [-0.1, -0.05) is 24.3 Å². The van der Waals surface area contributed by atoms with Crippen LogP contribution in [0.25, 0.3) is 11.1 Å². The van der Waals surface area contributed by atoms with E-state index in [2.05, 4.69) is 5.32 Å². The van der Waals surface area contributed by atoms with Crippen molar-refractivity contribution in [1.29, 1.82) is 0 Å². The predicted octanol–water partition coefficient (Wildman–Crippen LogP) is 4.07. The van der Waals surface area contributed by atoms with Gasteiger partial charge in [0.25, 0.3) is 5.91 Å². The van der Waals surface area contributed by atoms with E-state index in [1.54, 1.807) is 31.4 Å². The summed E-state index contributed by atoms with van der Waals surface area (Å²) in [6.07, 6.45) is 1.17. The molecule has 0 atom stereocenters. The fourth-order valence-corrected chi connectivity index (χ4v) is 4.36. The molecular weight excluding hydrogens is 394 g/mol. The van der Waals surface area contributed by atoms with Crippen LogP contribution in [0.5, 0.6) is 5.75 Å². The van der Waals surface area contributed by atoms with E-state index in [1.807, 2.05) is 37.3 Å². The molecule has 0 radical (unpaired) electrons. The van der Waals surface area contributed by atoms with E-state index in [4.69, 9.17) is 4.74 Å². The number of amides is 1. The van der Waals surface area contributed by atoms with Crippen molar-refractivity contribution < 1.29 is 17.9 Å². The van der Waals surface area contributed by atoms with E-state index in [0.717, 1.165) is 27.3 Å². The summed E-state index contributed by atoms with van der Waals surface area (Å²) >= 11 is 1.45. The largest absolute Gasteiger partial charge is 0.497 e. The van der Waals surface area contributed by atoms with Gasteiger partial charge in [0.05, 0.1) is 16.9 Å². The molecule has 0 unspecified atom stereocenters. The summed E-state index contributed by atoms with van der Waals surface area (Å²) in [6, 6.07) is 16.1. The molecule has 3 aromatic rings. The van der Waals surface area contributed by atoms with Crippen molar-refractivity contribution in [3.05, 3.63) is 69.9 Å². The molecule has 0 fully saturated rings. The van der Waals surface area contributed by atoms with Crippen LogP contribution >= 0.6 is 11.3 Å². The summed E-state index contributed by atoms with van der Waals surface area (Å²) in [5.74, 6) is 0.636. The monoisotopic (exact) mass is 415 g/mol. The number of nitrogens with one attached hydrogen (secondary N) is 1. The zero-order valence-corrected chi connectivity index (χ0v) is 17.5. The molecule has 0 saturated carbocycles. The molecule has 146 valence electrons. The second-order valence-corrected chi connectivity index (χ2v) is 9.68. The Labute approximate surface area is 168 Å². The number of carbonyl (C=O) groups is 1. The minimum atomic E-state index is -3.22. The fraction of sp³-hybridized carbons (Fsp3) is 0.190. The van der Waals surface area contributed by atoms with Crippen LogP contribution in [-0.4, -0.2) is 27.7 Å². The number of aryl methyl sites for hydroxylation is 1. The maximum absolute atomic E-state index is 12.5. The molecule has 0 spiro atoms. The summed E-state index contributed by atoms with van der Waals surface area (Å²) in [7, 11) is -1.59. The van der Waals surface area contributed by atoms with Crippen molar-refractivity contribution >= 4 is 27.1 Å². The summed E-state index contributed by atoms with van der Waals surface area (Å²) in [6.45, 7) is 2.32. The van der Waals surface area contributed by atoms with Gasteiger partial charge in [0, 0.05) is 17.7 Å². The standard InChI is InChI=1S/C21H21NO4S2/c1-14-19(16-6-8-17(26-2)9-7-16)12-20(27-14)21(23)22-13-15-4-10-18(11-5-15)28(3,24)25/h4-12H,13H2,1-3H3,(H,22,23). The minimum Gasteiger partial charge on any atom is -0.497 e. The molecular formula is C21H21NO4S2. The van der Waals surface area contributed by atoms with Crippen molar-refractivity contribution in [2.75, 3.05) is 13.4 Å². The van der Waals surface area contributed by atoms with Crippen LogP contribution in [0.2, 0.25) is 0 Å². The van der Waals surface area contributed by atoms with Crippen LogP contribution in [0.15, 0.2) is 59.5 Å². The Kier molecular flexibility index (Phi) is 5.86. The number of rotatable bonds is 6. The minimum absolute atomic E-state index is 0.153. The normalized spacial score (nSPS) is 11.2. The third kappa shape index (κ3) is 4.61. The van der Waals surface area contributed by atoms with Crippen molar-refractivity contribution in [2.24, 2.45) is 0 Å². The van der Waals surface area contributed by atoms with Crippen LogP contribution < -0.4 is 10.1 Å². The molecule has 28 heavy (non-hydrogen) atoms. The Bertz CT molecular complexity index is 1080. The van der Waals surface area contributed by atoms with Gasteiger partial charge in [-0.15, -0.1) is 11.3 Å². The number of methoxy groups -OCH3 is 1. The van der Waals surface area contributed by atoms with Gasteiger partial charge in [-0.3, -0.25) is 4.79 Å². The number of thiophene rings is 1. The first-order valence-electron chi connectivity index (χ1n) is 8.60. The van der Waals surface area contributed by atoms with Crippen LogP contribution in [0.4, 0.5) is 0 Å². The van der Waals surface area contributed by atoms with Crippen molar-refractivity contribution in [2.45, 2.75) is 18.4 Å². The molecule has 5 nitrogen and oxygen atoms in total. The van der Waals surface area contributed by atoms with E-state index < -0.39 is 9.84 Å². The maximum atomic E-state index is 12.5. The lowest BCUT2D eigenvalue weighted by Crippen LogP contribution is -2.21. The van der Waals surface area contributed by atoms with Crippen molar-refractivity contribution in [3.8, 4) is 16.9 Å². The van der Waals surface area contributed by atoms with Gasteiger partial charge in [-0.2, -0.15) is 0 Å². The SMILES string of the molecule is COc1ccc(-c2cc(C(=O)NCc3ccc(S(C)(=O)=O)cc3)sc2C)cc1. The third-order valence-corrected chi connectivity index (χ3v) is 6.52. The number of hydrogen-bond donors (Lipinski definition) is 1. The van der Waals surface area contributed by atoms with Crippen LogP contribution in [0.1, 0.15) is 20.1 Å². The Balaban J connectivity index is 1.69. The van der Waals surface area contributed by atoms with Crippen molar-refractivity contribution in [3.63, 3.8) is 0 Å². The lowest BCUT2D eigenvalue weighted by atomic mass is 10.1. The lowest BCUT2D eigenvalue weighted by Gasteiger charge is -2.05. The van der Waals surface area contributed by atoms with Gasteiger partial charge in [-0.05, 0) is 53.9 Å². The second-order valence-electron chi connectivity index (χ2n) is 6.41. The fourth-order valence-electron chi connectivity index (χ4n) is 2.78. The van der Waals surface area contributed by atoms with Gasteiger partial charge >= 0.3 is 0 Å². The van der Waals surface area contributed by atoms with E-state index >= 15 is 0 Å². The summed E-state index contributed by atoms with van der Waals surface area (Å²) < 4.78 is 28.2. The average molecular weight is 416 g/mol. The van der Waals surface area contributed by atoms with Gasteiger partial charge in [0.15, 0.2) is 9.84 Å². The molecule has 1 heterocycles. The molecule has 0 aliphatic heterocycles. The smallest absolute Gasteiger partial charge is 0.261 e. The van der Waals surface area contributed by atoms with Crippen LogP contribution in [-0.2, 0) is 16.4 Å². The highest BCUT2D eigenvalue weighted by atomic mass is 32.2. The Morgan fingerprint density at radius 3 is 2.29 bits per heavy atom. The third-order valence-electron chi connectivity index (χ3n) is 4.35. The zero-order valence-electron chi connectivity index (χ0n) is 15.9. The summed E-state index contributed by atoms with van der Waals surface area (Å²) in [5.41, 5.74) is 2.89. The van der Waals surface area contributed by atoms with Gasteiger partial charge in [-0.25, -0.2) is 8.42 Å². The van der Waals surface area contributed by atoms with Crippen molar-refractivity contribution in [1.82, 2.24) is 5.32 Å². The Hall–Kier alpha value is -2.64. The topological polar surface area (TPSA) is 72.5 Å². The first kappa shape index (κ1) is 20.1. The van der Waals surface area contributed by atoms with E-state index in [1.165, 1.54) is 17.6 Å². The maximum Gasteiger partial charge on any atom is 0.261 e. The molecule has 1 N–H and O–H groups in total. The van der Waals surface area contributed by atoms with Gasteiger partial charge in [0.1, 0.15) is 5.75 Å². The molecule has 0 aliphatic rings. The van der Waals surface area contributed by atoms with Gasteiger partial charge in [0.2, 0.25) is 0 Å². The Morgan fingerprint density at radius 1 is 1.07 bits per heavy atom. The van der Waals surface area contributed by atoms with E-state index in [9.17, 15) is 13.2 Å². The first-order valence-corrected chi connectivity index (χ1v) is 11.3. The molecule has 0 bridgehead atoms. The summed E-state index contributed by atoms with van der Waals surface area (Å²) in [4.78, 5) is 14.5. The van der Waals surface area contributed by atoms with E-state index in [0.29, 0.717) is 11.4 Å². The molecule has 2 aromatic carbocycles. The zero-order chi connectivity index (χ0) is 20.3. The molecule has 1 aromatic heterocycles. The van der Waals surface area contributed by atoms with Crippen LogP contribution in [0, 0.1) is 6.92 Å². The second kappa shape index (κ2) is 8.16. The molecule has 7 heteroatoms. The number of carbonyl (C=O) groups excluding carboxylic acids is 1. The number of benzene rings is 2.